The fourth-order valence-electron chi connectivity index (χ4n) is 7.50. The van der Waals surface area contributed by atoms with E-state index in [1.54, 1.807) is 0 Å². The van der Waals surface area contributed by atoms with Crippen LogP contribution in [0.15, 0.2) is 48.6 Å². The number of carbonyl (C=O) groups is 2. The van der Waals surface area contributed by atoms with Crippen molar-refractivity contribution in [2.75, 3.05) is 19.8 Å². The van der Waals surface area contributed by atoms with E-state index in [0.29, 0.717) is 19.4 Å². The second-order valence-corrected chi connectivity index (χ2v) is 17.4. The van der Waals surface area contributed by atoms with E-state index in [9.17, 15) is 9.59 Å². The number of carbonyl (C=O) groups excluding carboxylic acids is 2. The highest BCUT2D eigenvalue weighted by Gasteiger charge is 2.17. The molecule has 0 aromatic heterocycles. The molecule has 0 spiro atoms. The fraction of sp³-hybridized carbons (Fsp3) is 0.818. The molecule has 0 rings (SSSR count). The molecule has 0 saturated heterocycles. The highest BCUT2D eigenvalue weighted by Crippen LogP contribution is 2.16. The Morgan fingerprint density at radius 1 is 0.383 bits per heavy atom. The van der Waals surface area contributed by atoms with Gasteiger partial charge in [0.05, 0.1) is 6.61 Å². The summed E-state index contributed by atoms with van der Waals surface area (Å²) in [6, 6.07) is 0. The lowest BCUT2D eigenvalue weighted by molar-refractivity contribution is -0.163. The van der Waals surface area contributed by atoms with Gasteiger partial charge in [0.2, 0.25) is 0 Å². The quantitative estimate of drug-likeness (QED) is 0.0347. The van der Waals surface area contributed by atoms with Crippen molar-refractivity contribution < 1.29 is 23.8 Å². The molecule has 60 heavy (non-hydrogen) atoms. The Bertz CT molecular complexity index is 997. The van der Waals surface area contributed by atoms with Gasteiger partial charge in [-0.1, -0.05) is 243 Å². The number of allylic oxidation sites excluding steroid dienone is 8. The van der Waals surface area contributed by atoms with Crippen molar-refractivity contribution in [1.29, 1.82) is 0 Å². The summed E-state index contributed by atoms with van der Waals surface area (Å²) in [4.78, 5) is 25.4. The molecule has 0 fully saturated rings. The molecule has 0 aromatic carbocycles. The van der Waals surface area contributed by atoms with Gasteiger partial charge < -0.3 is 14.2 Å². The zero-order valence-electron chi connectivity index (χ0n) is 40.2. The van der Waals surface area contributed by atoms with E-state index < -0.39 is 6.10 Å². The van der Waals surface area contributed by atoms with Gasteiger partial charge >= 0.3 is 11.9 Å². The van der Waals surface area contributed by atoms with E-state index >= 15 is 0 Å². The van der Waals surface area contributed by atoms with Gasteiger partial charge in [0.1, 0.15) is 6.61 Å². The van der Waals surface area contributed by atoms with Gasteiger partial charge in [0.15, 0.2) is 6.10 Å². The molecule has 0 aromatic rings. The van der Waals surface area contributed by atoms with Crippen LogP contribution in [0, 0.1) is 0 Å². The molecule has 0 unspecified atom stereocenters. The van der Waals surface area contributed by atoms with Crippen LogP contribution in [0.25, 0.3) is 0 Å². The van der Waals surface area contributed by atoms with E-state index in [0.717, 1.165) is 70.6 Å². The molecule has 1 atom stereocenters. The Kier molecular flexibility index (Phi) is 49.4. The second-order valence-electron chi connectivity index (χ2n) is 17.4. The molecule has 0 amide bonds. The minimum atomic E-state index is -0.547. The molecule has 5 nitrogen and oxygen atoms in total. The lowest BCUT2D eigenvalue weighted by atomic mass is 10.0. The van der Waals surface area contributed by atoms with Crippen molar-refractivity contribution in [1.82, 2.24) is 0 Å². The largest absolute Gasteiger partial charge is 0.462 e. The van der Waals surface area contributed by atoms with Crippen molar-refractivity contribution in [3.8, 4) is 0 Å². The number of ether oxygens (including phenoxy) is 3. The van der Waals surface area contributed by atoms with Gasteiger partial charge in [-0.15, -0.1) is 0 Å². The monoisotopic (exact) mass is 841 g/mol. The third-order valence-electron chi connectivity index (χ3n) is 11.4. The Labute approximate surface area is 373 Å². The number of hydrogen-bond donors (Lipinski definition) is 0. The van der Waals surface area contributed by atoms with Crippen molar-refractivity contribution in [2.45, 2.75) is 271 Å². The van der Waals surface area contributed by atoms with Crippen molar-refractivity contribution in [3.05, 3.63) is 48.6 Å². The Hall–Kier alpha value is -2.14. The molecule has 0 aliphatic carbocycles. The number of unbranched alkanes of at least 4 members (excludes halogenated alkanes) is 29. The van der Waals surface area contributed by atoms with Gasteiger partial charge in [-0.2, -0.15) is 0 Å². The summed E-state index contributed by atoms with van der Waals surface area (Å²) in [5.74, 6) is -0.432. The van der Waals surface area contributed by atoms with Crippen LogP contribution in [-0.4, -0.2) is 37.9 Å². The SMILES string of the molecule is CC/C=C\C/C=C\C/C=C\C/C=C\CCCCC(=O)OC[C@@H](COCCCCCCCCCCCCCCCCCC)OC(=O)CCCCCCCCCCCCCCC. The molecular formula is C55H100O5. The zero-order valence-corrected chi connectivity index (χ0v) is 40.2. The topological polar surface area (TPSA) is 61.8 Å². The van der Waals surface area contributed by atoms with Crippen LogP contribution in [0.5, 0.6) is 0 Å². The predicted octanol–water partition coefficient (Wildman–Crippen LogP) is 17.6. The van der Waals surface area contributed by atoms with Crippen LogP contribution in [0.3, 0.4) is 0 Å². The molecule has 5 heteroatoms. The first kappa shape index (κ1) is 57.9. The van der Waals surface area contributed by atoms with Crippen molar-refractivity contribution >= 4 is 11.9 Å². The van der Waals surface area contributed by atoms with Gasteiger partial charge in [-0.25, -0.2) is 0 Å². The second kappa shape index (κ2) is 51.2. The van der Waals surface area contributed by atoms with Crippen LogP contribution < -0.4 is 0 Å². The van der Waals surface area contributed by atoms with E-state index in [1.165, 1.54) is 161 Å². The number of esters is 2. The lowest BCUT2D eigenvalue weighted by Crippen LogP contribution is -2.30. The Balaban J connectivity index is 4.29. The standard InChI is InChI=1S/C55H100O5/c1-4-7-10-13-16-19-22-25-27-29-32-35-38-41-44-47-50-58-51-53(60-55(57)49-46-43-40-37-34-30-24-21-18-15-12-9-6-3)52-59-54(56)48-45-42-39-36-33-31-28-26-23-20-17-14-11-8-5-2/h8,11,17,20,26,28,33,36,53H,4-7,9-10,12-16,18-19,21-25,27,29-32,34-35,37-52H2,1-3H3/b11-8-,20-17-,28-26-,36-33-/t53-/m1/s1. The van der Waals surface area contributed by atoms with E-state index in [4.69, 9.17) is 14.2 Å². The molecule has 0 N–H and O–H groups in total. The Morgan fingerprint density at radius 3 is 1.20 bits per heavy atom. The minimum Gasteiger partial charge on any atom is -0.462 e. The molecule has 0 bridgehead atoms. The van der Waals surface area contributed by atoms with E-state index in [-0.39, 0.29) is 25.2 Å². The maximum absolute atomic E-state index is 12.8. The summed E-state index contributed by atoms with van der Waals surface area (Å²) in [5, 5.41) is 0. The smallest absolute Gasteiger partial charge is 0.306 e. The van der Waals surface area contributed by atoms with Gasteiger partial charge in [-0.05, 0) is 57.8 Å². The summed E-state index contributed by atoms with van der Waals surface area (Å²) in [5.41, 5.74) is 0. The van der Waals surface area contributed by atoms with Crippen LogP contribution in [0.2, 0.25) is 0 Å². The highest BCUT2D eigenvalue weighted by atomic mass is 16.6. The zero-order chi connectivity index (χ0) is 43.5. The summed E-state index contributed by atoms with van der Waals surface area (Å²) in [7, 11) is 0. The normalized spacial score (nSPS) is 12.5. The van der Waals surface area contributed by atoms with E-state index in [2.05, 4.69) is 69.4 Å². The highest BCUT2D eigenvalue weighted by molar-refractivity contribution is 5.70. The van der Waals surface area contributed by atoms with Crippen LogP contribution in [0.1, 0.15) is 265 Å². The predicted molar refractivity (Wildman–Crippen MR) is 261 cm³/mol. The molecule has 0 radical (unpaired) electrons. The first-order valence-corrected chi connectivity index (χ1v) is 26.2. The van der Waals surface area contributed by atoms with E-state index in [1.807, 2.05) is 0 Å². The third kappa shape index (κ3) is 48.5. The summed E-state index contributed by atoms with van der Waals surface area (Å²) >= 11 is 0. The first-order chi connectivity index (χ1) is 29.6. The van der Waals surface area contributed by atoms with Gasteiger partial charge in [0, 0.05) is 19.4 Å². The van der Waals surface area contributed by atoms with Crippen molar-refractivity contribution in [3.63, 3.8) is 0 Å². The van der Waals surface area contributed by atoms with Crippen LogP contribution in [-0.2, 0) is 23.8 Å². The average Bonchev–Trinajstić information content (AvgIpc) is 3.25. The minimum absolute atomic E-state index is 0.0685. The van der Waals surface area contributed by atoms with Crippen LogP contribution >= 0.6 is 0 Å². The summed E-state index contributed by atoms with van der Waals surface area (Å²) < 4.78 is 17.4. The van der Waals surface area contributed by atoms with Crippen molar-refractivity contribution in [2.24, 2.45) is 0 Å². The van der Waals surface area contributed by atoms with Gasteiger partial charge in [0.25, 0.3) is 0 Å². The molecule has 0 aliphatic rings. The lowest BCUT2D eigenvalue weighted by Gasteiger charge is -2.18. The molecular weight excluding hydrogens is 741 g/mol. The number of hydrogen-bond acceptors (Lipinski definition) is 5. The van der Waals surface area contributed by atoms with Gasteiger partial charge in [-0.3, -0.25) is 9.59 Å². The Morgan fingerprint density at radius 2 is 0.750 bits per heavy atom. The molecule has 0 saturated carbocycles. The average molecular weight is 841 g/mol. The summed E-state index contributed by atoms with van der Waals surface area (Å²) in [6.07, 6.45) is 62.6. The first-order valence-electron chi connectivity index (χ1n) is 26.2. The summed E-state index contributed by atoms with van der Waals surface area (Å²) in [6.45, 7) is 7.71. The molecule has 350 valence electrons. The molecule has 0 aliphatic heterocycles. The van der Waals surface area contributed by atoms with Crippen LogP contribution in [0.4, 0.5) is 0 Å². The number of rotatable bonds is 48. The maximum atomic E-state index is 12.8. The molecule has 0 heterocycles. The fourth-order valence-corrected chi connectivity index (χ4v) is 7.50. The third-order valence-corrected chi connectivity index (χ3v) is 11.4. The maximum Gasteiger partial charge on any atom is 0.306 e.